The van der Waals surface area contributed by atoms with Crippen LogP contribution in [-0.4, -0.2) is 26.9 Å². The fraction of sp³-hybridized carbons (Fsp3) is 0.235. The highest BCUT2D eigenvalue weighted by atomic mass is 32.2. The summed E-state index contributed by atoms with van der Waals surface area (Å²) in [6.07, 6.45) is 0.911. The summed E-state index contributed by atoms with van der Waals surface area (Å²) in [5.74, 6) is -0.196. The number of nitrogens with zero attached hydrogens (tertiary/aromatic N) is 1. The fourth-order valence-electron chi connectivity index (χ4n) is 2.91. The molecule has 2 aromatic rings. The lowest BCUT2D eigenvalue weighted by atomic mass is 10.1. The van der Waals surface area contributed by atoms with Gasteiger partial charge in [-0.05, 0) is 43.2 Å². The van der Waals surface area contributed by atoms with Crippen LogP contribution >= 0.6 is 0 Å². The molecule has 0 unspecified atom stereocenters. The first-order valence-corrected chi connectivity index (χ1v) is 9.19. The number of primary sulfonamides is 1. The summed E-state index contributed by atoms with van der Waals surface area (Å²) >= 11 is 0. The zero-order chi connectivity index (χ0) is 17.3. The zero-order valence-electron chi connectivity index (χ0n) is 13.3. The van der Waals surface area contributed by atoms with Crippen molar-refractivity contribution in [3.8, 4) is 0 Å². The van der Waals surface area contributed by atoms with E-state index in [1.165, 1.54) is 17.7 Å². The van der Waals surface area contributed by atoms with Crippen molar-refractivity contribution in [2.45, 2.75) is 24.3 Å². The predicted octanol–water partition coefficient (Wildman–Crippen LogP) is 1.72. The Kier molecular flexibility index (Phi) is 4.29. The van der Waals surface area contributed by atoms with E-state index in [0.29, 0.717) is 5.69 Å². The van der Waals surface area contributed by atoms with Crippen LogP contribution in [0.5, 0.6) is 0 Å². The summed E-state index contributed by atoms with van der Waals surface area (Å²) in [4.78, 5) is 14.6. The molecule has 0 saturated heterocycles. The molecule has 1 aliphatic rings. The number of nitrogens with two attached hydrogens (primary N) is 1. The Labute approximate surface area is 141 Å². The van der Waals surface area contributed by atoms with Crippen LogP contribution in [0.1, 0.15) is 12.5 Å². The number of fused-ring (bicyclic) bond motifs is 1. The van der Waals surface area contributed by atoms with Crippen LogP contribution in [0.2, 0.25) is 0 Å². The first-order chi connectivity index (χ1) is 11.4. The maximum absolute atomic E-state index is 12.5. The van der Waals surface area contributed by atoms with Crippen molar-refractivity contribution in [1.82, 2.24) is 0 Å². The molecule has 126 valence electrons. The molecule has 2 aromatic carbocycles. The molecule has 0 saturated carbocycles. The Morgan fingerprint density at radius 2 is 1.96 bits per heavy atom. The van der Waals surface area contributed by atoms with Crippen LogP contribution < -0.4 is 15.4 Å². The quantitative estimate of drug-likeness (QED) is 0.882. The normalized spacial score (nSPS) is 15.0. The summed E-state index contributed by atoms with van der Waals surface area (Å²) in [5, 5.41) is 7.88. The molecule has 1 heterocycles. The minimum absolute atomic E-state index is 0.0283. The number of amides is 1. The molecule has 7 heteroatoms. The topological polar surface area (TPSA) is 92.5 Å². The third kappa shape index (κ3) is 3.27. The van der Waals surface area contributed by atoms with Gasteiger partial charge in [0.1, 0.15) is 6.04 Å². The molecule has 0 aliphatic carbocycles. The number of carbonyl (C=O) groups excluding carboxylic acids is 1. The summed E-state index contributed by atoms with van der Waals surface area (Å²) in [5.41, 5.74) is 2.71. The van der Waals surface area contributed by atoms with E-state index in [1.54, 1.807) is 12.1 Å². The maximum Gasteiger partial charge on any atom is 0.246 e. The van der Waals surface area contributed by atoms with Gasteiger partial charge >= 0.3 is 0 Å². The Hall–Kier alpha value is -2.38. The van der Waals surface area contributed by atoms with Crippen molar-refractivity contribution < 1.29 is 13.2 Å². The molecule has 6 nitrogen and oxygen atoms in total. The third-order valence-corrected chi connectivity index (χ3v) is 5.11. The fourth-order valence-corrected chi connectivity index (χ4v) is 3.46. The second-order valence-electron chi connectivity index (χ2n) is 5.81. The van der Waals surface area contributed by atoms with Gasteiger partial charge in [0.2, 0.25) is 15.9 Å². The van der Waals surface area contributed by atoms with Crippen LogP contribution in [0.25, 0.3) is 0 Å². The maximum atomic E-state index is 12.5. The van der Waals surface area contributed by atoms with Gasteiger partial charge in [0.05, 0.1) is 4.90 Å². The van der Waals surface area contributed by atoms with Gasteiger partial charge in [-0.1, -0.05) is 24.3 Å². The number of para-hydroxylation sites is 1. The van der Waals surface area contributed by atoms with Crippen LogP contribution in [0.3, 0.4) is 0 Å². The summed E-state index contributed by atoms with van der Waals surface area (Å²) in [6.45, 7) is 2.62. The van der Waals surface area contributed by atoms with E-state index < -0.39 is 10.0 Å². The number of carbonyl (C=O) groups is 1. The molecular formula is C17H19N3O3S. The van der Waals surface area contributed by atoms with E-state index in [0.717, 1.165) is 18.7 Å². The first kappa shape index (κ1) is 16.5. The molecular weight excluding hydrogens is 326 g/mol. The van der Waals surface area contributed by atoms with Gasteiger partial charge in [-0.25, -0.2) is 13.6 Å². The number of hydrogen-bond acceptors (Lipinski definition) is 4. The number of sulfonamides is 1. The van der Waals surface area contributed by atoms with E-state index in [9.17, 15) is 13.2 Å². The van der Waals surface area contributed by atoms with E-state index in [1.807, 2.05) is 30.0 Å². The van der Waals surface area contributed by atoms with Crippen LogP contribution in [0, 0.1) is 0 Å². The lowest BCUT2D eigenvalue weighted by Crippen LogP contribution is -2.41. The van der Waals surface area contributed by atoms with Crippen molar-refractivity contribution in [2.24, 2.45) is 5.14 Å². The van der Waals surface area contributed by atoms with Gasteiger partial charge in [0.15, 0.2) is 0 Å². The molecule has 3 rings (SSSR count). The van der Waals surface area contributed by atoms with Crippen molar-refractivity contribution >= 4 is 27.3 Å². The molecule has 24 heavy (non-hydrogen) atoms. The Morgan fingerprint density at radius 3 is 2.71 bits per heavy atom. The SMILES string of the molecule is C[C@@H](C(=O)Nc1cccc(S(N)(=O)=O)c1)N1CCc2ccccc21. The number of nitrogens with one attached hydrogen (secondary N) is 1. The first-order valence-electron chi connectivity index (χ1n) is 7.64. The van der Waals surface area contributed by atoms with Crippen molar-refractivity contribution in [2.75, 3.05) is 16.8 Å². The van der Waals surface area contributed by atoms with Gasteiger partial charge in [-0.3, -0.25) is 4.79 Å². The minimum Gasteiger partial charge on any atom is -0.359 e. The highest BCUT2D eigenvalue weighted by Gasteiger charge is 2.27. The second kappa shape index (κ2) is 6.26. The Bertz CT molecular complexity index is 880. The van der Waals surface area contributed by atoms with Crippen molar-refractivity contribution in [3.05, 3.63) is 54.1 Å². The monoisotopic (exact) mass is 345 g/mol. The lowest BCUT2D eigenvalue weighted by Gasteiger charge is -2.26. The minimum atomic E-state index is -3.80. The molecule has 3 N–H and O–H groups in total. The molecule has 0 fully saturated rings. The van der Waals surface area contributed by atoms with Gasteiger partial charge in [0.25, 0.3) is 0 Å². The Balaban J connectivity index is 1.76. The van der Waals surface area contributed by atoms with Gasteiger partial charge < -0.3 is 10.2 Å². The van der Waals surface area contributed by atoms with Crippen LogP contribution in [0.15, 0.2) is 53.4 Å². The zero-order valence-corrected chi connectivity index (χ0v) is 14.1. The number of anilines is 2. The lowest BCUT2D eigenvalue weighted by molar-refractivity contribution is -0.117. The molecule has 0 radical (unpaired) electrons. The largest absolute Gasteiger partial charge is 0.359 e. The second-order valence-corrected chi connectivity index (χ2v) is 7.37. The molecule has 1 aliphatic heterocycles. The highest BCUT2D eigenvalue weighted by molar-refractivity contribution is 7.89. The van der Waals surface area contributed by atoms with Crippen molar-refractivity contribution in [1.29, 1.82) is 0 Å². The molecule has 1 atom stereocenters. The van der Waals surface area contributed by atoms with E-state index in [2.05, 4.69) is 11.4 Å². The smallest absolute Gasteiger partial charge is 0.246 e. The average molecular weight is 345 g/mol. The summed E-state index contributed by atoms with van der Waals surface area (Å²) in [6, 6.07) is 13.6. The Morgan fingerprint density at radius 1 is 1.21 bits per heavy atom. The van der Waals surface area contributed by atoms with Crippen LogP contribution in [0.4, 0.5) is 11.4 Å². The number of benzene rings is 2. The van der Waals surface area contributed by atoms with Gasteiger partial charge in [-0.2, -0.15) is 0 Å². The summed E-state index contributed by atoms with van der Waals surface area (Å²) < 4.78 is 22.8. The molecule has 1 amide bonds. The van der Waals surface area contributed by atoms with Crippen molar-refractivity contribution in [3.63, 3.8) is 0 Å². The average Bonchev–Trinajstić information content (AvgIpc) is 2.97. The standard InChI is InChI=1S/C17H19N3O3S/c1-12(20-10-9-13-5-2-3-8-16(13)20)17(21)19-14-6-4-7-15(11-14)24(18,22)23/h2-8,11-12H,9-10H2,1H3,(H,19,21)(H2,18,22,23)/t12-/m0/s1. The molecule has 0 aromatic heterocycles. The molecule has 0 bridgehead atoms. The van der Waals surface area contributed by atoms with Crippen LogP contribution in [-0.2, 0) is 21.2 Å². The third-order valence-electron chi connectivity index (χ3n) is 4.20. The van der Waals surface area contributed by atoms with E-state index >= 15 is 0 Å². The van der Waals surface area contributed by atoms with E-state index in [-0.39, 0.29) is 16.8 Å². The van der Waals surface area contributed by atoms with E-state index in [4.69, 9.17) is 5.14 Å². The number of hydrogen-bond donors (Lipinski definition) is 2. The molecule has 0 spiro atoms. The van der Waals surface area contributed by atoms with Gasteiger partial charge in [-0.15, -0.1) is 0 Å². The van der Waals surface area contributed by atoms with Gasteiger partial charge in [0, 0.05) is 17.9 Å². The highest BCUT2D eigenvalue weighted by Crippen LogP contribution is 2.29. The predicted molar refractivity (Wildman–Crippen MR) is 93.4 cm³/mol. The number of rotatable bonds is 4. The summed E-state index contributed by atoms with van der Waals surface area (Å²) in [7, 11) is -3.80.